The number of furan rings is 1. The minimum atomic E-state index is -0.484. The lowest BCUT2D eigenvalue weighted by Crippen LogP contribution is -2.41. The van der Waals surface area contributed by atoms with Gasteiger partial charge < -0.3 is 9.15 Å². The maximum absolute atomic E-state index is 13.4. The molecule has 5 nitrogen and oxygen atoms in total. The molecule has 0 amide bonds. The van der Waals surface area contributed by atoms with E-state index in [9.17, 15) is 9.59 Å². The second-order valence-corrected chi connectivity index (χ2v) is 9.56. The van der Waals surface area contributed by atoms with Crippen LogP contribution in [0.25, 0.3) is 0 Å². The fourth-order valence-corrected chi connectivity index (χ4v) is 5.25. The highest BCUT2D eigenvalue weighted by Crippen LogP contribution is 2.46. The third-order valence-corrected chi connectivity index (χ3v) is 6.77. The number of allylic oxidation sites excluding steroid dienone is 1. The van der Waals surface area contributed by atoms with Crippen LogP contribution in [0, 0.1) is 18.8 Å². The Labute approximate surface area is 180 Å². The number of thiophene rings is 1. The summed E-state index contributed by atoms with van der Waals surface area (Å²) in [6, 6.07) is 7.83. The molecule has 0 spiro atoms. The summed E-state index contributed by atoms with van der Waals surface area (Å²) < 4.78 is 11.5. The summed E-state index contributed by atoms with van der Waals surface area (Å²) in [4.78, 5) is 32.4. The fraction of sp³-hybridized carbons (Fsp3) is 0.458. The molecule has 0 bridgehead atoms. The van der Waals surface area contributed by atoms with Crippen LogP contribution < -0.4 is 0 Å². The van der Waals surface area contributed by atoms with E-state index in [0.29, 0.717) is 30.1 Å². The number of fused-ring (bicyclic) bond motifs is 1. The van der Waals surface area contributed by atoms with E-state index in [2.05, 4.69) is 6.07 Å². The van der Waals surface area contributed by atoms with Gasteiger partial charge in [-0.15, -0.1) is 11.3 Å². The number of Topliss-reactive ketones (excluding diaryl/α,β-unsaturated/α-hetero) is 1. The Balaban J connectivity index is 1.75. The summed E-state index contributed by atoms with van der Waals surface area (Å²) in [5, 5.41) is 2.04. The van der Waals surface area contributed by atoms with Crippen LogP contribution in [0.2, 0.25) is 0 Å². The van der Waals surface area contributed by atoms with Crippen molar-refractivity contribution in [2.24, 2.45) is 16.8 Å². The third-order valence-electron chi connectivity index (χ3n) is 5.74. The van der Waals surface area contributed by atoms with Gasteiger partial charge in [0.05, 0.1) is 24.0 Å². The molecule has 0 N–H and O–H groups in total. The molecule has 0 aromatic carbocycles. The van der Waals surface area contributed by atoms with Crippen molar-refractivity contribution in [3.63, 3.8) is 0 Å². The second-order valence-electron chi connectivity index (χ2n) is 8.59. The van der Waals surface area contributed by atoms with Crippen molar-refractivity contribution < 1.29 is 18.7 Å². The molecular formula is C24H27NO4S. The van der Waals surface area contributed by atoms with Gasteiger partial charge in [-0.05, 0) is 49.8 Å². The maximum Gasteiger partial charge on any atom is 0.336 e. The molecule has 2 aliphatic rings. The lowest BCUT2D eigenvalue weighted by molar-refractivity contribution is -0.140. The summed E-state index contributed by atoms with van der Waals surface area (Å²) in [7, 11) is 0. The third kappa shape index (κ3) is 3.93. The Morgan fingerprint density at radius 3 is 2.67 bits per heavy atom. The highest BCUT2D eigenvalue weighted by molar-refractivity contribution is 7.10. The minimum Gasteiger partial charge on any atom is -0.466 e. The first-order chi connectivity index (χ1) is 14.3. The molecule has 0 saturated heterocycles. The molecule has 1 saturated carbocycles. The molecule has 3 atom stereocenters. The molecule has 1 unspecified atom stereocenters. The molecule has 4 rings (SSSR count). The van der Waals surface area contributed by atoms with E-state index < -0.39 is 17.8 Å². The van der Waals surface area contributed by atoms with Crippen molar-refractivity contribution in [2.75, 3.05) is 6.61 Å². The van der Waals surface area contributed by atoms with E-state index in [4.69, 9.17) is 14.1 Å². The number of carbonyl (C=O) groups is 2. The number of rotatable bonds is 5. The lowest BCUT2D eigenvalue weighted by Gasteiger charge is -2.36. The molecule has 30 heavy (non-hydrogen) atoms. The van der Waals surface area contributed by atoms with Crippen LogP contribution in [0.15, 0.2) is 50.3 Å². The van der Waals surface area contributed by atoms with Gasteiger partial charge in [0.1, 0.15) is 17.3 Å². The zero-order valence-corrected chi connectivity index (χ0v) is 18.6. The van der Waals surface area contributed by atoms with Gasteiger partial charge in [-0.25, -0.2) is 4.79 Å². The molecule has 1 aliphatic carbocycles. The summed E-state index contributed by atoms with van der Waals surface area (Å²) in [5.41, 5.74) is 1.91. The van der Waals surface area contributed by atoms with E-state index in [1.165, 1.54) is 4.88 Å². The van der Waals surface area contributed by atoms with Crippen LogP contribution in [-0.2, 0) is 14.3 Å². The normalized spacial score (nSPS) is 24.1. The van der Waals surface area contributed by atoms with Crippen LogP contribution in [0.1, 0.15) is 61.8 Å². The van der Waals surface area contributed by atoms with Crippen LogP contribution in [0.3, 0.4) is 0 Å². The first-order valence-corrected chi connectivity index (χ1v) is 11.3. The lowest BCUT2D eigenvalue weighted by atomic mass is 9.68. The smallest absolute Gasteiger partial charge is 0.336 e. The van der Waals surface area contributed by atoms with Crippen molar-refractivity contribution >= 4 is 28.8 Å². The zero-order chi connectivity index (χ0) is 21.4. The van der Waals surface area contributed by atoms with Crippen LogP contribution in [0.4, 0.5) is 0 Å². The summed E-state index contributed by atoms with van der Waals surface area (Å²) in [5.74, 6) is 0.499. The number of carbonyl (C=O) groups excluding carboxylic acids is 2. The van der Waals surface area contributed by atoms with Gasteiger partial charge in [0.15, 0.2) is 0 Å². The largest absolute Gasteiger partial charge is 0.466 e. The van der Waals surface area contributed by atoms with Gasteiger partial charge in [0.2, 0.25) is 0 Å². The SMILES string of the molecule is CC1=C(C(=O)OCC(C)C)[C@@H](c2ccc(C)o2)C2C(=O)C[C@@H](c3cccs3)CC2=N1. The van der Waals surface area contributed by atoms with Crippen molar-refractivity contribution in [3.8, 4) is 0 Å². The van der Waals surface area contributed by atoms with E-state index in [1.54, 1.807) is 11.3 Å². The summed E-state index contributed by atoms with van der Waals surface area (Å²) in [6.07, 6.45) is 1.17. The standard InChI is InChI=1S/C24H27NO4S/c1-13(2)12-28-24(27)21-15(4)25-17-10-16(20-6-5-9-30-20)11-18(26)22(17)23(21)19-8-7-14(3)29-19/h5-9,13,16,22-23H,10-12H2,1-4H3/t16-,22?,23+/m0/s1. The number of aliphatic imine (C=N–C) groups is 1. The van der Waals surface area contributed by atoms with Gasteiger partial charge in [-0.2, -0.15) is 0 Å². The number of nitrogens with zero attached hydrogens (tertiary/aromatic N) is 1. The zero-order valence-electron chi connectivity index (χ0n) is 17.8. The number of esters is 1. The van der Waals surface area contributed by atoms with E-state index in [-0.39, 0.29) is 17.6 Å². The van der Waals surface area contributed by atoms with Crippen LogP contribution in [-0.4, -0.2) is 24.1 Å². The van der Waals surface area contributed by atoms with Gasteiger partial charge in [0, 0.05) is 28.6 Å². The van der Waals surface area contributed by atoms with Crippen molar-refractivity contribution in [1.82, 2.24) is 0 Å². The predicted molar refractivity (Wildman–Crippen MR) is 117 cm³/mol. The monoisotopic (exact) mass is 425 g/mol. The van der Waals surface area contributed by atoms with Gasteiger partial charge >= 0.3 is 5.97 Å². The maximum atomic E-state index is 13.4. The highest BCUT2D eigenvalue weighted by Gasteiger charge is 2.47. The van der Waals surface area contributed by atoms with E-state index >= 15 is 0 Å². The molecule has 1 fully saturated rings. The molecule has 6 heteroatoms. The molecule has 2 aromatic heterocycles. The number of aryl methyl sites for hydroxylation is 1. The second kappa shape index (κ2) is 8.34. The first kappa shape index (κ1) is 20.8. The van der Waals surface area contributed by atoms with Crippen LogP contribution in [0.5, 0.6) is 0 Å². The summed E-state index contributed by atoms with van der Waals surface area (Å²) in [6.45, 7) is 8.01. The first-order valence-electron chi connectivity index (χ1n) is 10.4. The Morgan fingerprint density at radius 2 is 2.03 bits per heavy atom. The molecule has 0 radical (unpaired) electrons. The van der Waals surface area contributed by atoms with Crippen LogP contribution >= 0.6 is 11.3 Å². The molecule has 1 aliphatic heterocycles. The number of hydrogen-bond donors (Lipinski definition) is 0. The van der Waals surface area contributed by atoms with Crippen molar-refractivity contribution in [2.45, 2.75) is 52.4 Å². The highest BCUT2D eigenvalue weighted by atomic mass is 32.1. The average Bonchev–Trinajstić information content (AvgIpc) is 3.36. The summed E-state index contributed by atoms with van der Waals surface area (Å²) >= 11 is 1.67. The van der Waals surface area contributed by atoms with Crippen molar-refractivity contribution in [1.29, 1.82) is 0 Å². The Bertz CT molecular complexity index is 1010. The predicted octanol–water partition coefficient (Wildman–Crippen LogP) is 5.42. The van der Waals surface area contributed by atoms with Gasteiger partial charge in [0.25, 0.3) is 0 Å². The van der Waals surface area contributed by atoms with E-state index in [1.807, 2.05) is 51.3 Å². The molecule has 2 aromatic rings. The average molecular weight is 426 g/mol. The number of ether oxygens (including phenoxy) is 1. The van der Waals surface area contributed by atoms with Gasteiger partial charge in [-0.3, -0.25) is 9.79 Å². The molecule has 158 valence electrons. The van der Waals surface area contributed by atoms with Crippen molar-refractivity contribution in [3.05, 3.63) is 57.3 Å². The quantitative estimate of drug-likeness (QED) is 0.600. The Hall–Kier alpha value is -2.47. The molecule has 3 heterocycles. The Morgan fingerprint density at radius 1 is 1.23 bits per heavy atom. The van der Waals surface area contributed by atoms with Gasteiger partial charge in [-0.1, -0.05) is 19.9 Å². The molecular weight excluding hydrogens is 398 g/mol. The fourth-order valence-electron chi connectivity index (χ4n) is 4.41. The number of hydrogen-bond acceptors (Lipinski definition) is 6. The number of ketones is 1. The van der Waals surface area contributed by atoms with E-state index in [0.717, 1.165) is 17.9 Å². The topological polar surface area (TPSA) is 68.9 Å². The Kier molecular flexibility index (Phi) is 5.78. The minimum absolute atomic E-state index is 0.110.